The number of methoxy groups -OCH3 is 1. The zero-order valence-electron chi connectivity index (χ0n) is 20.1. The van der Waals surface area contributed by atoms with E-state index in [2.05, 4.69) is 5.32 Å². The zero-order valence-corrected chi connectivity index (χ0v) is 20.9. The lowest BCUT2D eigenvalue weighted by Gasteiger charge is -2.31. The van der Waals surface area contributed by atoms with Crippen LogP contribution >= 0.6 is 0 Å². The zero-order chi connectivity index (χ0) is 24.8. The summed E-state index contributed by atoms with van der Waals surface area (Å²) in [5.74, 6) is -0.115. The number of aryl methyl sites for hydroxylation is 2. The number of carbonyl (C=O) groups excluding carboxylic acids is 2. The molecular formula is C24H33N3O5S. The van der Waals surface area contributed by atoms with Crippen molar-refractivity contribution in [2.45, 2.75) is 40.3 Å². The number of sulfonamides is 1. The Balaban J connectivity index is 2.39. The molecule has 2 aromatic rings. The number of anilines is 1. The van der Waals surface area contributed by atoms with E-state index >= 15 is 0 Å². The minimum absolute atomic E-state index is 0.145. The highest BCUT2D eigenvalue weighted by Crippen LogP contribution is 2.22. The fraction of sp³-hybridized carbons (Fsp3) is 0.417. The summed E-state index contributed by atoms with van der Waals surface area (Å²) in [7, 11) is -2.18. The molecule has 0 aromatic heterocycles. The van der Waals surface area contributed by atoms with Crippen LogP contribution in [0, 0.1) is 13.8 Å². The highest BCUT2D eigenvalue weighted by Gasteiger charge is 2.30. The third kappa shape index (κ3) is 6.95. The van der Waals surface area contributed by atoms with E-state index in [4.69, 9.17) is 4.74 Å². The highest BCUT2D eigenvalue weighted by atomic mass is 32.2. The summed E-state index contributed by atoms with van der Waals surface area (Å²) >= 11 is 0. The summed E-state index contributed by atoms with van der Waals surface area (Å²) in [5.41, 5.74) is 3.13. The van der Waals surface area contributed by atoms with Crippen LogP contribution in [0.3, 0.4) is 0 Å². The second-order valence-electron chi connectivity index (χ2n) is 7.98. The standard InChI is InChI=1S/C24H33N3O5S/c1-7-25-24(29)19(4)26(15-20-9-12-22(32-5)13-10-20)23(28)16-27(33(6,30)31)21-11-8-17(2)18(3)14-21/h8-14,19H,7,15-16H2,1-6H3,(H,25,29)/t19-/m0/s1. The molecule has 2 amide bonds. The van der Waals surface area contributed by atoms with Crippen LogP contribution in [0.5, 0.6) is 5.75 Å². The van der Waals surface area contributed by atoms with Crippen molar-refractivity contribution in [2.24, 2.45) is 0 Å². The van der Waals surface area contributed by atoms with E-state index in [-0.39, 0.29) is 12.5 Å². The molecule has 33 heavy (non-hydrogen) atoms. The van der Waals surface area contributed by atoms with E-state index in [0.29, 0.717) is 18.0 Å². The van der Waals surface area contributed by atoms with Crippen molar-refractivity contribution >= 4 is 27.5 Å². The molecule has 0 bridgehead atoms. The third-order valence-electron chi connectivity index (χ3n) is 5.49. The minimum Gasteiger partial charge on any atom is -0.497 e. The summed E-state index contributed by atoms with van der Waals surface area (Å²) < 4.78 is 31.4. The van der Waals surface area contributed by atoms with E-state index in [1.165, 1.54) is 4.90 Å². The summed E-state index contributed by atoms with van der Waals surface area (Å²) in [6, 6.07) is 11.6. The second-order valence-corrected chi connectivity index (χ2v) is 9.89. The summed E-state index contributed by atoms with van der Waals surface area (Å²) in [6.45, 7) is 7.39. The van der Waals surface area contributed by atoms with Gasteiger partial charge in [0.2, 0.25) is 21.8 Å². The number of carbonyl (C=O) groups is 2. The fourth-order valence-electron chi connectivity index (χ4n) is 3.33. The molecule has 2 aromatic carbocycles. The Kier molecular flexibility index (Phi) is 8.87. The van der Waals surface area contributed by atoms with Gasteiger partial charge in [-0.1, -0.05) is 18.2 Å². The first-order valence-electron chi connectivity index (χ1n) is 10.7. The van der Waals surface area contributed by atoms with Gasteiger partial charge in [-0.2, -0.15) is 0 Å². The largest absolute Gasteiger partial charge is 0.497 e. The van der Waals surface area contributed by atoms with Gasteiger partial charge in [-0.15, -0.1) is 0 Å². The predicted octanol–water partition coefficient (Wildman–Crippen LogP) is 2.63. The number of rotatable bonds is 10. The molecule has 0 heterocycles. The Morgan fingerprint density at radius 2 is 1.70 bits per heavy atom. The Morgan fingerprint density at radius 1 is 1.06 bits per heavy atom. The van der Waals surface area contributed by atoms with Crippen LogP contribution in [0.25, 0.3) is 0 Å². The quantitative estimate of drug-likeness (QED) is 0.570. The van der Waals surface area contributed by atoms with Crippen LogP contribution in [-0.2, 0) is 26.2 Å². The van der Waals surface area contributed by atoms with Gasteiger partial charge in [0, 0.05) is 13.1 Å². The number of nitrogens with one attached hydrogen (secondary N) is 1. The molecule has 0 radical (unpaired) electrons. The van der Waals surface area contributed by atoms with E-state index < -0.39 is 28.5 Å². The topological polar surface area (TPSA) is 96.0 Å². The molecule has 0 unspecified atom stereocenters. The van der Waals surface area contributed by atoms with Crippen LogP contribution in [-0.4, -0.2) is 57.6 Å². The van der Waals surface area contributed by atoms with Gasteiger partial charge in [-0.25, -0.2) is 8.42 Å². The number of hydrogen-bond donors (Lipinski definition) is 1. The van der Waals surface area contributed by atoms with Gasteiger partial charge in [0.1, 0.15) is 18.3 Å². The van der Waals surface area contributed by atoms with Crippen LogP contribution in [0.15, 0.2) is 42.5 Å². The van der Waals surface area contributed by atoms with Crippen molar-refractivity contribution in [3.8, 4) is 5.75 Å². The van der Waals surface area contributed by atoms with Crippen molar-refractivity contribution in [3.63, 3.8) is 0 Å². The van der Waals surface area contributed by atoms with Crippen molar-refractivity contribution in [1.82, 2.24) is 10.2 Å². The molecule has 0 aliphatic rings. The summed E-state index contributed by atoms with van der Waals surface area (Å²) in [6.07, 6.45) is 1.07. The number of nitrogens with zero attached hydrogens (tertiary/aromatic N) is 2. The SMILES string of the molecule is CCNC(=O)[C@H](C)N(Cc1ccc(OC)cc1)C(=O)CN(c1ccc(C)c(C)c1)S(C)(=O)=O. The van der Waals surface area contributed by atoms with Gasteiger partial charge in [0.05, 0.1) is 19.1 Å². The molecule has 0 saturated heterocycles. The van der Waals surface area contributed by atoms with Crippen LogP contribution in [0.1, 0.15) is 30.5 Å². The number of amides is 2. The third-order valence-corrected chi connectivity index (χ3v) is 6.63. The van der Waals surface area contributed by atoms with Gasteiger partial charge < -0.3 is 15.0 Å². The first-order chi connectivity index (χ1) is 15.5. The molecule has 0 aliphatic heterocycles. The molecule has 1 N–H and O–H groups in total. The van der Waals surface area contributed by atoms with E-state index in [1.54, 1.807) is 57.4 Å². The first-order valence-corrected chi connectivity index (χ1v) is 12.6. The maximum atomic E-state index is 13.4. The maximum Gasteiger partial charge on any atom is 0.244 e. The van der Waals surface area contributed by atoms with Crippen LogP contribution in [0.4, 0.5) is 5.69 Å². The lowest BCUT2D eigenvalue weighted by molar-refractivity contribution is -0.139. The maximum absolute atomic E-state index is 13.4. The monoisotopic (exact) mass is 475 g/mol. The Bertz CT molecular complexity index is 1080. The lowest BCUT2D eigenvalue weighted by atomic mass is 10.1. The molecule has 9 heteroatoms. The van der Waals surface area contributed by atoms with Crippen molar-refractivity contribution in [1.29, 1.82) is 0 Å². The Labute approximate surface area is 196 Å². The van der Waals surface area contributed by atoms with Gasteiger partial charge in [-0.05, 0) is 68.7 Å². The van der Waals surface area contributed by atoms with E-state index in [0.717, 1.165) is 27.3 Å². The molecule has 2 rings (SSSR count). The minimum atomic E-state index is -3.75. The smallest absolute Gasteiger partial charge is 0.244 e. The highest BCUT2D eigenvalue weighted by molar-refractivity contribution is 7.92. The predicted molar refractivity (Wildman–Crippen MR) is 130 cm³/mol. The summed E-state index contributed by atoms with van der Waals surface area (Å²) in [5, 5.41) is 2.73. The first kappa shape index (κ1) is 26.2. The van der Waals surface area contributed by atoms with Crippen molar-refractivity contribution < 1.29 is 22.7 Å². The molecular weight excluding hydrogens is 442 g/mol. The van der Waals surface area contributed by atoms with Crippen molar-refractivity contribution in [3.05, 3.63) is 59.2 Å². The number of hydrogen-bond acceptors (Lipinski definition) is 5. The van der Waals surface area contributed by atoms with Gasteiger partial charge >= 0.3 is 0 Å². The second kappa shape index (κ2) is 11.2. The number of ether oxygens (including phenoxy) is 1. The van der Waals surface area contributed by atoms with Crippen LogP contribution in [0.2, 0.25) is 0 Å². The number of benzene rings is 2. The van der Waals surface area contributed by atoms with E-state index in [1.807, 2.05) is 19.9 Å². The Hall–Kier alpha value is -3.07. The number of likely N-dealkylation sites (N-methyl/N-ethyl adjacent to an activating group) is 1. The Morgan fingerprint density at radius 3 is 2.21 bits per heavy atom. The molecule has 0 fully saturated rings. The average molecular weight is 476 g/mol. The van der Waals surface area contributed by atoms with Crippen molar-refractivity contribution in [2.75, 3.05) is 30.8 Å². The van der Waals surface area contributed by atoms with Gasteiger partial charge in [0.15, 0.2) is 0 Å². The molecule has 0 saturated carbocycles. The molecule has 0 aliphatic carbocycles. The average Bonchev–Trinajstić information content (AvgIpc) is 2.77. The normalized spacial score (nSPS) is 12.1. The fourth-order valence-corrected chi connectivity index (χ4v) is 4.17. The van der Waals surface area contributed by atoms with Crippen LogP contribution < -0.4 is 14.4 Å². The van der Waals surface area contributed by atoms with Gasteiger partial charge in [0.25, 0.3) is 0 Å². The summed E-state index contributed by atoms with van der Waals surface area (Å²) in [4.78, 5) is 27.4. The molecule has 8 nitrogen and oxygen atoms in total. The van der Waals surface area contributed by atoms with Gasteiger partial charge in [-0.3, -0.25) is 13.9 Å². The molecule has 180 valence electrons. The molecule has 1 atom stereocenters. The molecule has 0 spiro atoms. The lowest BCUT2D eigenvalue weighted by Crippen LogP contribution is -2.51. The van der Waals surface area contributed by atoms with E-state index in [9.17, 15) is 18.0 Å².